The van der Waals surface area contributed by atoms with Crippen molar-refractivity contribution in [2.45, 2.75) is 23.0 Å². The predicted octanol–water partition coefficient (Wildman–Crippen LogP) is 2.26. The van der Waals surface area contributed by atoms with E-state index < -0.39 is 10.7 Å². The number of nitrogens with two attached hydrogens (primary N) is 1. The van der Waals surface area contributed by atoms with Crippen molar-refractivity contribution in [3.63, 3.8) is 0 Å². The average molecular weight is 277 g/mol. The molecule has 0 heterocycles. The third kappa shape index (κ3) is 3.69. The van der Waals surface area contributed by atoms with Crippen LogP contribution in [0.2, 0.25) is 0 Å². The lowest BCUT2D eigenvalue weighted by Gasteiger charge is -2.21. The molecule has 1 atom stereocenters. The average Bonchev–Trinajstić information content (AvgIpc) is 2.32. The summed E-state index contributed by atoms with van der Waals surface area (Å²) in [5, 5.41) is 21.1. The first-order valence-electron chi connectivity index (χ1n) is 5.03. The van der Waals surface area contributed by atoms with Crippen molar-refractivity contribution in [2.75, 3.05) is 0 Å². The Kier molecular flexibility index (Phi) is 5.08. The molecule has 0 aliphatic rings. The summed E-state index contributed by atoms with van der Waals surface area (Å²) in [6, 6.07) is 7.28. The van der Waals surface area contributed by atoms with Gasteiger partial charge in [0.25, 0.3) is 0 Å². The SMILES string of the molecule is CC(Cc1ccc(SC#N)cc1)(SC#N)C(N)=O. The number of nitriles is 2. The fraction of sp³-hybridized carbons (Fsp3) is 0.250. The molecule has 2 N–H and O–H groups in total. The van der Waals surface area contributed by atoms with Crippen LogP contribution in [0.15, 0.2) is 29.2 Å². The number of thioether (sulfide) groups is 2. The van der Waals surface area contributed by atoms with Crippen LogP contribution in [0.1, 0.15) is 12.5 Å². The lowest BCUT2D eigenvalue weighted by molar-refractivity contribution is -0.119. The zero-order valence-electron chi connectivity index (χ0n) is 9.71. The maximum atomic E-state index is 11.4. The second kappa shape index (κ2) is 6.34. The summed E-state index contributed by atoms with van der Waals surface area (Å²) >= 11 is 1.94. The first-order valence-corrected chi connectivity index (χ1v) is 6.67. The number of rotatable bonds is 5. The van der Waals surface area contributed by atoms with Crippen LogP contribution in [0.5, 0.6) is 0 Å². The molecule has 18 heavy (non-hydrogen) atoms. The molecule has 0 fully saturated rings. The second-order valence-corrected chi connectivity index (χ2v) is 5.95. The van der Waals surface area contributed by atoms with E-state index in [0.717, 1.165) is 34.0 Å². The molecule has 1 aromatic rings. The van der Waals surface area contributed by atoms with Gasteiger partial charge in [0, 0.05) is 4.90 Å². The summed E-state index contributed by atoms with van der Waals surface area (Å²) < 4.78 is -0.932. The molecule has 1 rings (SSSR count). The predicted molar refractivity (Wildman–Crippen MR) is 72.4 cm³/mol. The Morgan fingerprint density at radius 2 is 1.94 bits per heavy atom. The molecule has 6 heteroatoms. The number of carbonyl (C=O) groups is 1. The van der Waals surface area contributed by atoms with E-state index in [1.165, 1.54) is 0 Å². The molecule has 0 aliphatic carbocycles. The Labute approximate surface area is 114 Å². The molecule has 1 amide bonds. The first-order chi connectivity index (χ1) is 8.51. The number of amides is 1. The van der Waals surface area contributed by atoms with Crippen LogP contribution in [-0.2, 0) is 11.2 Å². The lowest BCUT2D eigenvalue weighted by atomic mass is 10.00. The number of primary amides is 1. The van der Waals surface area contributed by atoms with Gasteiger partial charge in [-0.3, -0.25) is 4.79 Å². The molecule has 0 radical (unpaired) electrons. The first kappa shape index (κ1) is 14.4. The van der Waals surface area contributed by atoms with Gasteiger partial charge in [-0.2, -0.15) is 10.5 Å². The highest BCUT2D eigenvalue weighted by molar-refractivity contribution is 8.05. The van der Waals surface area contributed by atoms with Crippen LogP contribution in [0.4, 0.5) is 0 Å². The molecule has 92 valence electrons. The largest absolute Gasteiger partial charge is 0.368 e. The zero-order chi connectivity index (χ0) is 13.6. The smallest absolute Gasteiger partial charge is 0.234 e. The van der Waals surface area contributed by atoms with Gasteiger partial charge in [-0.1, -0.05) is 12.1 Å². The highest BCUT2D eigenvalue weighted by atomic mass is 32.2. The van der Waals surface area contributed by atoms with E-state index in [9.17, 15) is 4.79 Å². The Morgan fingerprint density at radius 1 is 1.33 bits per heavy atom. The number of nitrogens with zero attached hydrogens (tertiary/aromatic N) is 2. The maximum Gasteiger partial charge on any atom is 0.234 e. The Balaban J connectivity index is 2.86. The summed E-state index contributed by atoms with van der Waals surface area (Å²) in [6.45, 7) is 1.65. The number of carbonyl (C=O) groups excluding carboxylic acids is 1. The minimum atomic E-state index is -0.932. The fourth-order valence-electron chi connectivity index (χ4n) is 1.39. The molecule has 0 saturated carbocycles. The molecule has 0 aliphatic heterocycles. The van der Waals surface area contributed by atoms with E-state index >= 15 is 0 Å². The number of hydrogen-bond acceptors (Lipinski definition) is 5. The monoisotopic (exact) mass is 277 g/mol. The number of thiocyanates is 2. The van der Waals surface area contributed by atoms with Gasteiger partial charge in [0.2, 0.25) is 5.91 Å². The van der Waals surface area contributed by atoms with E-state index in [1.54, 1.807) is 6.92 Å². The van der Waals surface area contributed by atoms with Gasteiger partial charge < -0.3 is 5.73 Å². The molecule has 0 saturated heterocycles. The Hall–Kier alpha value is -1.63. The van der Waals surface area contributed by atoms with E-state index in [4.69, 9.17) is 16.3 Å². The summed E-state index contributed by atoms with van der Waals surface area (Å²) in [5.41, 5.74) is 6.23. The van der Waals surface area contributed by atoms with E-state index in [2.05, 4.69) is 0 Å². The lowest BCUT2D eigenvalue weighted by Crippen LogP contribution is -2.39. The quantitative estimate of drug-likeness (QED) is 0.658. The Bertz CT molecular complexity index is 516. The molecule has 0 bridgehead atoms. The van der Waals surface area contributed by atoms with E-state index in [0.29, 0.717) is 6.42 Å². The molecular formula is C12H11N3OS2. The second-order valence-electron chi connectivity index (χ2n) is 3.80. The highest BCUT2D eigenvalue weighted by Crippen LogP contribution is 2.29. The normalized spacial score (nSPS) is 13.1. The van der Waals surface area contributed by atoms with Crippen LogP contribution in [0, 0.1) is 21.3 Å². The summed E-state index contributed by atoms with van der Waals surface area (Å²) in [7, 11) is 0. The molecule has 0 aromatic heterocycles. The third-order valence-corrected chi connectivity index (χ3v) is 3.91. The van der Waals surface area contributed by atoms with Gasteiger partial charge >= 0.3 is 0 Å². The molecular weight excluding hydrogens is 266 g/mol. The topological polar surface area (TPSA) is 90.7 Å². The number of hydrogen-bond donors (Lipinski definition) is 1. The van der Waals surface area contributed by atoms with Gasteiger partial charge in [0.1, 0.15) is 15.5 Å². The molecule has 4 nitrogen and oxygen atoms in total. The van der Waals surface area contributed by atoms with Crippen LogP contribution >= 0.6 is 23.5 Å². The van der Waals surface area contributed by atoms with Gasteiger partial charge in [-0.05, 0) is 54.6 Å². The number of benzene rings is 1. The van der Waals surface area contributed by atoms with Crippen molar-refractivity contribution in [2.24, 2.45) is 5.73 Å². The standard InChI is InChI=1S/C12H11N3OS2/c1-12(11(15)16,18-8-14)6-9-2-4-10(5-3-9)17-7-13/h2-5H,6H2,1H3,(H2,15,16). The van der Waals surface area contributed by atoms with Crippen molar-refractivity contribution in [1.29, 1.82) is 10.5 Å². The maximum absolute atomic E-state index is 11.4. The van der Waals surface area contributed by atoms with Crippen molar-refractivity contribution in [1.82, 2.24) is 0 Å². The summed E-state index contributed by atoms with van der Waals surface area (Å²) in [5.74, 6) is -0.510. The highest BCUT2D eigenvalue weighted by Gasteiger charge is 2.32. The van der Waals surface area contributed by atoms with Gasteiger partial charge in [0.15, 0.2) is 0 Å². The molecule has 0 spiro atoms. The third-order valence-electron chi connectivity index (χ3n) is 2.42. The van der Waals surface area contributed by atoms with Gasteiger partial charge in [-0.15, -0.1) is 0 Å². The van der Waals surface area contributed by atoms with Crippen molar-refractivity contribution in [3.05, 3.63) is 29.8 Å². The minimum absolute atomic E-state index is 0.387. The van der Waals surface area contributed by atoms with Crippen molar-refractivity contribution < 1.29 is 4.79 Å². The van der Waals surface area contributed by atoms with Gasteiger partial charge in [0.05, 0.1) is 0 Å². The summed E-state index contributed by atoms with van der Waals surface area (Å²) in [4.78, 5) is 12.2. The Morgan fingerprint density at radius 3 is 2.39 bits per heavy atom. The zero-order valence-corrected chi connectivity index (χ0v) is 11.3. The van der Waals surface area contributed by atoms with Crippen LogP contribution in [0.3, 0.4) is 0 Å². The van der Waals surface area contributed by atoms with E-state index in [-0.39, 0.29) is 0 Å². The van der Waals surface area contributed by atoms with Crippen LogP contribution in [-0.4, -0.2) is 10.7 Å². The van der Waals surface area contributed by atoms with Crippen LogP contribution < -0.4 is 5.73 Å². The van der Waals surface area contributed by atoms with Crippen molar-refractivity contribution in [3.8, 4) is 10.8 Å². The summed E-state index contributed by atoms with van der Waals surface area (Å²) in [6.07, 6.45) is 0.387. The van der Waals surface area contributed by atoms with Gasteiger partial charge in [-0.25, -0.2) is 0 Å². The van der Waals surface area contributed by atoms with Crippen LogP contribution in [0.25, 0.3) is 0 Å². The molecule has 1 unspecified atom stereocenters. The molecule has 1 aromatic carbocycles. The van der Waals surface area contributed by atoms with E-state index in [1.807, 2.05) is 35.1 Å². The van der Waals surface area contributed by atoms with Crippen molar-refractivity contribution >= 4 is 29.4 Å². The fourth-order valence-corrected chi connectivity index (χ4v) is 2.31. The minimum Gasteiger partial charge on any atom is -0.368 e.